The summed E-state index contributed by atoms with van der Waals surface area (Å²) in [6, 6.07) is 3.67. The lowest BCUT2D eigenvalue weighted by Crippen LogP contribution is -2.57. The van der Waals surface area contributed by atoms with E-state index in [1.807, 2.05) is 17.2 Å². The number of aromatic amines is 2. The third-order valence-corrected chi connectivity index (χ3v) is 6.99. The van der Waals surface area contributed by atoms with Crippen molar-refractivity contribution in [2.45, 2.75) is 23.3 Å². The molecule has 2 unspecified atom stereocenters. The van der Waals surface area contributed by atoms with Crippen molar-refractivity contribution in [1.82, 2.24) is 24.8 Å². The summed E-state index contributed by atoms with van der Waals surface area (Å²) in [5, 5.41) is 1.00. The molecule has 8 nitrogen and oxygen atoms in total. The van der Waals surface area contributed by atoms with Gasteiger partial charge in [0.1, 0.15) is 23.5 Å². The van der Waals surface area contributed by atoms with Crippen molar-refractivity contribution < 1.29 is 9.00 Å². The van der Waals surface area contributed by atoms with Gasteiger partial charge < -0.3 is 19.8 Å². The zero-order valence-corrected chi connectivity index (χ0v) is 16.5. The van der Waals surface area contributed by atoms with Crippen molar-refractivity contribution in [2.75, 3.05) is 24.5 Å². The van der Waals surface area contributed by atoms with Crippen LogP contribution < -0.4 is 4.90 Å². The van der Waals surface area contributed by atoms with Gasteiger partial charge in [-0.2, -0.15) is 0 Å². The fourth-order valence-electron chi connectivity index (χ4n) is 3.92. The molecule has 1 saturated heterocycles. The number of rotatable bonds is 3. The maximum Gasteiger partial charge on any atom is 0.270 e. The molecule has 10 heteroatoms. The Morgan fingerprint density at radius 2 is 2.11 bits per heavy atom. The quantitative estimate of drug-likeness (QED) is 0.650. The second-order valence-corrected chi connectivity index (χ2v) is 9.44. The molecule has 27 heavy (non-hydrogen) atoms. The van der Waals surface area contributed by atoms with Gasteiger partial charge in [-0.05, 0) is 33.4 Å². The summed E-state index contributed by atoms with van der Waals surface area (Å²) < 4.78 is 11.6. The van der Waals surface area contributed by atoms with Crippen LogP contribution in [0.4, 0.5) is 5.82 Å². The molecule has 3 aromatic rings. The maximum atomic E-state index is 13.0. The molecule has 2 atom stereocenters. The molecule has 1 saturated carbocycles. The van der Waals surface area contributed by atoms with Crippen LogP contribution >= 0.6 is 8.44 Å². The maximum absolute atomic E-state index is 13.0. The Morgan fingerprint density at radius 1 is 1.26 bits per heavy atom. The van der Waals surface area contributed by atoms with Crippen molar-refractivity contribution in [2.24, 2.45) is 0 Å². The smallest absolute Gasteiger partial charge is 0.270 e. The lowest BCUT2D eigenvalue weighted by Gasteiger charge is -2.42. The number of hydrogen-bond donors (Lipinski definition) is 2. The third-order valence-electron chi connectivity index (χ3n) is 5.48. The molecular weight excluding hydrogens is 383 g/mol. The number of H-pyrrole nitrogens is 2. The van der Waals surface area contributed by atoms with Crippen LogP contribution in [0.5, 0.6) is 0 Å². The summed E-state index contributed by atoms with van der Waals surface area (Å²) >= 11 is 0. The predicted molar refractivity (Wildman–Crippen MR) is 106 cm³/mol. The van der Waals surface area contributed by atoms with Crippen molar-refractivity contribution >= 4 is 41.6 Å². The van der Waals surface area contributed by atoms with E-state index in [4.69, 9.17) is 0 Å². The molecule has 1 spiro atoms. The molecule has 4 heterocycles. The summed E-state index contributed by atoms with van der Waals surface area (Å²) in [6.45, 7) is 2.11. The summed E-state index contributed by atoms with van der Waals surface area (Å²) in [5.41, 5.74) is 1.18. The van der Waals surface area contributed by atoms with Gasteiger partial charge in [-0.3, -0.25) is 9.00 Å². The molecule has 1 amide bonds. The number of carbonyl (C=O) groups excluding carboxylic acids is 1. The number of hydrogen-bond acceptors (Lipinski definition) is 5. The van der Waals surface area contributed by atoms with E-state index in [0.717, 1.165) is 36.2 Å². The zero-order valence-electron chi connectivity index (χ0n) is 14.5. The Hall–Kier alpha value is -2.25. The number of carbonyl (C=O) groups is 1. The number of amides is 1. The Kier molecular flexibility index (Phi) is 3.84. The van der Waals surface area contributed by atoms with Gasteiger partial charge in [-0.25, -0.2) is 9.97 Å². The number of nitrogens with one attached hydrogen (secondary N) is 2. The number of nitrogens with zero attached hydrogens (tertiary/aromatic N) is 4. The van der Waals surface area contributed by atoms with Gasteiger partial charge in [0.15, 0.2) is 0 Å². The van der Waals surface area contributed by atoms with Crippen LogP contribution in [-0.4, -0.2) is 60.1 Å². The Labute approximate surface area is 160 Å². The van der Waals surface area contributed by atoms with Crippen molar-refractivity contribution in [3.8, 4) is 0 Å². The summed E-state index contributed by atoms with van der Waals surface area (Å²) in [6.07, 6.45) is 7.05. The molecular formula is C17H19N6O2PS. The molecule has 140 valence electrons. The number of fused-ring (bicyclic) bond motifs is 1. The van der Waals surface area contributed by atoms with Gasteiger partial charge >= 0.3 is 0 Å². The molecule has 2 N–H and O–H groups in total. The minimum absolute atomic E-state index is 0.0247. The van der Waals surface area contributed by atoms with Crippen LogP contribution in [-0.2, 0) is 10.4 Å². The highest BCUT2D eigenvalue weighted by molar-refractivity contribution is 8.33. The van der Waals surface area contributed by atoms with E-state index < -0.39 is 10.4 Å². The average Bonchev–Trinajstić information content (AvgIpc) is 3.11. The molecule has 5 rings (SSSR count). The first-order valence-electron chi connectivity index (χ1n) is 8.77. The molecule has 0 bridgehead atoms. The Bertz CT molecular complexity index is 1060. The second-order valence-electron chi connectivity index (χ2n) is 7.09. The average molecular weight is 402 g/mol. The van der Waals surface area contributed by atoms with Gasteiger partial charge in [0.25, 0.3) is 5.91 Å². The SMILES string of the molecule is O=C(c1cc(S(=O)P)c[nH]1)N1CCN(c2ncnc3[nH]ccc23)CC12CC2. The molecule has 2 aliphatic rings. The monoisotopic (exact) mass is 402 g/mol. The van der Waals surface area contributed by atoms with Gasteiger partial charge in [-0.15, -0.1) is 0 Å². The summed E-state index contributed by atoms with van der Waals surface area (Å²) in [4.78, 5) is 32.7. The first-order chi connectivity index (χ1) is 13.1. The van der Waals surface area contributed by atoms with Crippen LogP contribution in [0.25, 0.3) is 11.0 Å². The molecule has 2 fully saturated rings. The van der Waals surface area contributed by atoms with Crippen molar-refractivity contribution in [1.29, 1.82) is 0 Å². The largest absolute Gasteiger partial charge is 0.356 e. The van der Waals surface area contributed by atoms with Crippen LogP contribution in [0.2, 0.25) is 0 Å². The number of piperazine rings is 1. The number of anilines is 1. The van der Waals surface area contributed by atoms with E-state index in [-0.39, 0.29) is 11.4 Å². The molecule has 0 aromatic carbocycles. The zero-order chi connectivity index (χ0) is 18.6. The van der Waals surface area contributed by atoms with Crippen molar-refractivity contribution in [3.63, 3.8) is 0 Å². The van der Waals surface area contributed by atoms with Crippen LogP contribution in [0.3, 0.4) is 0 Å². The fourth-order valence-corrected chi connectivity index (χ4v) is 4.74. The van der Waals surface area contributed by atoms with Gasteiger partial charge in [0, 0.05) is 32.0 Å². The van der Waals surface area contributed by atoms with Crippen LogP contribution in [0.15, 0.2) is 35.7 Å². The standard InChI is InChI=1S/C17H19N6O2PS/c24-16(13-7-11(8-19-13)27(25)26)23-6-5-22(9-17(23)2-3-17)15-12-1-4-18-14(12)20-10-21-15/h1,4,7-8,10,19H,2-3,5-6,9,26H2,(H,18,20,21). The second kappa shape index (κ2) is 6.14. The van der Waals surface area contributed by atoms with Gasteiger partial charge in [0.05, 0.1) is 26.2 Å². The van der Waals surface area contributed by atoms with E-state index in [0.29, 0.717) is 23.7 Å². The Balaban J connectivity index is 1.40. The van der Waals surface area contributed by atoms with E-state index in [1.54, 1.807) is 18.6 Å². The first-order valence-corrected chi connectivity index (χ1v) is 11.4. The highest BCUT2D eigenvalue weighted by Crippen LogP contribution is 2.46. The van der Waals surface area contributed by atoms with Crippen molar-refractivity contribution in [3.05, 3.63) is 36.5 Å². The molecule has 1 aliphatic heterocycles. The van der Waals surface area contributed by atoms with Crippen LogP contribution in [0, 0.1) is 0 Å². The van der Waals surface area contributed by atoms with E-state index in [9.17, 15) is 9.00 Å². The lowest BCUT2D eigenvalue weighted by molar-refractivity contribution is 0.0619. The lowest BCUT2D eigenvalue weighted by atomic mass is 10.1. The minimum Gasteiger partial charge on any atom is -0.356 e. The van der Waals surface area contributed by atoms with E-state index in [2.05, 4.69) is 33.3 Å². The molecule has 0 radical (unpaired) electrons. The molecule has 1 aliphatic carbocycles. The Morgan fingerprint density at radius 3 is 2.85 bits per heavy atom. The normalized spacial score (nSPS) is 19.6. The van der Waals surface area contributed by atoms with E-state index in [1.165, 1.54) is 0 Å². The summed E-state index contributed by atoms with van der Waals surface area (Å²) in [7, 11) is 1.06. The fraction of sp³-hybridized carbons (Fsp3) is 0.353. The summed E-state index contributed by atoms with van der Waals surface area (Å²) in [5.74, 6) is 0.892. The molecule has 3 aromatic heterocycles. The van der Waals surface area contributed by atoms with Gasteiger partial charge in [-0.1, -0.05) is 0 Å². The number of aromatic nitrogens is 4. The highest BCUT2D eigenvalue weighted by Gasteiger charge is 2.53. The highest BCUT2D eigenvalue weighted by atomic mass is 32.7. The van der Waals surface area contributed by atoms with E-state index >= 15 is 0 Å². The minimum atomic E-state index is -1.18. The van der Waals surface area contributed by atoms with Gasteiger partial charge in [0.2, 0.25) is 0 Å². The first kappa shape index (κ1) is 16.9. The topological polar surface area (TPSA) is 98.0 Å². The third kappa shape index (κ3) is 2.76. The van der Waals surface area contributed by atoms with Crippen LogP contribution in [0.1, 0.15) is 23.3 Å². The predicted octanol–water partition coefficient (Wildman–Crippen LogP) is 1.68.